The van der Waals surface area contributed by atoms with E-state index in [1.807, 2.05) is 30.3 Å². The second-order valence-electron chi connectivity index (χ2n) is 5.40. The molecule has 1 fully saturated rings. The van der Waals surface area contributed by atoms with Crippen LogP contribution in [-0.4, -0.2) is 24.5 Å². The van der Waals surface area contributed by atoms with Crippen LogP contribution in [0.3, 0.4) is 0 Å². The largest absolute Gasteiger partial charge is 0.487 e. The third-order valence-electron chi connectivity index (χ3n) is 3.77. The molecule has 120 valence electrons. The van der Waals surface area contributed by atoms with Crippen LogP contribution >= 0.6 is 0 Å². The first-order chi connectivity index (χ1) is 11.3. The molecule has 6 nitrogen and oxygen atoms in total. The molecule has 2 heterocycles. The standard InChI is InChI=1S/C17H20N4O2/c1-18-17(22)13-4-2-3-12(9-13)11-23-14-5-6-15(19-10-14)16-7-8-20-21-16/h2-6,9-10,16,20-21H,7-8,11H2,1H3,(H,18,22). The van der Waals surface area contributed by atoms with Crippen LogP contribution in [0.4, 0.5) is 0 Å². The van der Waals surface area contributed by atoms with Gasteiger partial charge in [0.2, 0.25) is 0 Å². The van der Waals surface area contributed by atoms with Gasteiger partial charge in [-0.15, -0.1) is 0 Å². The fraction of sp³-hybridized carbons (Fsp3) is 0.294. The number of amides is 1. The molecule has 2 aromatic rings. The quantitative estimate of drug-likeness (QED) is 0.781. The zero-order chi connectivity index (χ0) is 16.1. The lowest BCUT2D eigenvalue weighted by atomic mass is 10.1. The molecule has 23 heavy (non-hydrogen) atoms. The highest BCUT2D eigenvalue weighted by atomic mass is 16.5. The summed E-state index contributed by atoms with van der Waals surface area (Å²) in [5.41, 5.74) is 8.85. The van der Waals surface area contributed by atoms with E-state index in [4.69, 9.17) is 4.74 Å². The summed E-state index contributed by atoms with van der Waals surface area (Å²) in [4.78, 5) is 16.1. The van der Waals surface area contributed by atoms with E-state index in [0.717, 1.165) is 24.2 Å². The predicted octanol–water partition coefficient (Wildman–Crippen LogP) is 1.56. The van der Waals surface area contributed by atoms with Crippen molar-refractivity contribution < 1.29 is 9.53 Å². The molecule has 1 unspecified atom stereocenters. The van der Waals surface area contributed by atoms with Crippen molar-refractivity contribution in [2.24, 2.45) is 0 Å². The Morgan fingerprint density at radius 1 is 1.39 bits per heavy atom. The highest BCUT2D eigenvalue weighted by molar-refractivity contribution is 5.94. The number of nitrogens with zero attached hydrogens (tertiary/aromatic N) is 1. The maximum absolute atomic E-state index is 11.6. The topological polar surface area (TPSA) is 75.3 Å². The molecule has 1 aliphatic rings. The first kappa shape index (κ1) is 15.5. The van der Waals surface area contributed by atoms with Crippen LogP contribution in [0.15, 0.2) is 42.6 Å². The van der Waals surface area contributed by atoms with Gasteiger partial charge < -0.3 is 10.1 Å². The van der Waals surface area contributed by atoms with Gasteiger partial charge in [0.05, 0.1) is 17.9 Å². The SMILES string of the molecule is CNC(=O)c1cccc(COc2ccc(C3CCNN3)nc2)c1. The molecule has 1 aromatic heterocycles. The third-order valence-corrected chi connectivity index (χ3v) is 3.77. The van der Waals surface area contributed by atoms with Gasteiger partial charge in [0, 0.05) is 19.2 Å². The number of carbonyl (C=O) groups excluding carboxylic acids is 1. The van der Waals surface area contributed by atoms with Crippen molar-refractivity contribution in [3.63, 3.8) is 0 Å². The molecule has 6 heteroatoms. The molecule has 0 bridgehead atoms. The Bertz CT molecular complexity index is 667. The van der Waals surface area contributed by atoms with Crippen LogP contribution < -0.4 is 20.9 Å². The van der Waals surface area contributed by atoms with Gasteiger partial charge in [-0.1, -0.05) is 12.1 Å². The molecule has 1 aliphatic heterocycles. The van der Waals surface area contributed by atoms with E-state index in [1.165, 1.54) is 0 Å². The summed E-state index contributed by atoms with van der Waals surface area (Å²) < 4.78 is 5.75. The van der Waals surface area contributed by atoms with E-state index in [1.54, 1.807) is 19.3 Å². The summed E-state index contributed by atoms with van der Waals surface area (Å²) >= 11 is 0. The Morgan fingerprint density at radius 3 is 3.00 bits per heavy atom. The second-order valence-corrected chi connectivity index (χ2v) is 5.40. The van der Waals surface area contributed by atoms with Crippen LogP contribution in [0.25, 0.3) is 0 Å². The summed E-state index contributed by atoms with van der Waals surface area (Å²) in [7, 11) is 1.62. The lowest BCUT2D eigenvalue weighted by Gasteiger charge is -2.11. The number of aromatic nitrogens is 1. The zero-order valence-corrected chi connectivity index (χ0v) is 13.0. The Morgan fingerprint density at radius 2 is 2.30 bits per heavy atom. The predicted molar refractivity (Wildman–Crippen MR) is 86.9 cm³/mol. The molecule has 0 spiro atoms. The highest BCUT2D eigenvalue weighted by Gasteiger charge is 2.16. The van der Waals surface area contributed by atoms with Crippen molar-refractivity contribution in [2.45, 2.75) is 19.1 Å². The molecule has 1 aromatic carbocycles. The second kappa shape index (κ2) is 7.21. The van der Waals surface area contributed by atoms with Crippen molar-refractivity contribution in [3.05, 3.63) is 59.4 Å². The van der Waals surface area contributed by atoms with Gasteiger partial charge in [-0.3, -0.25) is 15.2 Å². The number of hydrogen-bond donors (Lipinski definition) is 3. The molecule has 3 N–H and O–H groups in total. The lowest BCUT2D eigenvalue weighted by molar-refractivity contribution is 0.0963. The van der Waals surface area contributed by atoms with Crippen LogP contribution in [0.1, 0.15) is 34.1 Å². The number of benzene rings is 1. The number of pyridine rings is 1. The summed E-state index contributed by atoms with van der Waals surface area (Å²) in [6, 6.07) is 11.5. The van der Waals surface area contributed by atoms with Crippen LogP contribution in [0.5, 0.6) is 5.75 Å². The highest BCUT2D eigenvalue weighted by Crippen LogP contribution is 2.19. The normalized spacial score (nSPS) is 17.0. The lowest BCUT2D eigenvalue weighted by Crippen LogP contribution is -2.25. The maximum atomic E-state index is 11.6. The molecule has 0 saturated carbocycles. The molecular weight excluding hydrogens is 292 g/mol. The first-order valence-electron chi connectivity index (χ1n) is 7.64. The van der Waals surface area contributed by atoms with Crippen molar-refractivity contribution in [1.82, 2.24) is 21.2 Å². The number of rotatable bonds is 5. The Balaban J connectivity index is 1.60. The van der Waals surface area contributed by atoms with Gasteiger partial charge in [0.15, 0.2) is 0 Å². The minimum absolute atomic E-state index is 0.101. The van der Waals surface area contributed by atoms with Crippen molar-refractivity contribution in [3.8, 4) is 5.75 Å². The van der Waals surface area contributed by atoms with Gasteiger partial charge in [-0.05, 0) is 36.2 Å². The monoisotopic (exact) mass is 312 g/mol. The fourth-order valence-corrected chi connectivity index (χ4v) is 2.50. The molecule has 1 atom stereocenters. The summed E-state index contributed by atoms with van der Waals surface area (Å²) in [6.45, 7) is 1.35. The Labute approximate surface area is 135 Å². The average molecular weight is 312 g/mol. The smallest absolute Gasteiger partial charge is 0.251 e. The van der Waals surface area contributed by atoms with Gasteiger partial charge >= 0.3 is 0 Å². The number of carbonyl (C=O) groups is 1. The van der Waals surface area contributed by atoms with Crippen LogP contribution in [-0.2, 0) is 6.61 Å². The van der Waals surface area contributed by atoms with E-state index >= 15 is 0 Å². The summed E-state index contributed by atoms with van der Waals surface area (Å²) in [6.07, 6.45) is 2.76. The van der Waals surface area contributed by atoms with E-state index in [-0.39, 0.29) is 11.9 Å². The van der Waals surface area contributed by atoms with Crippen molar-refractivity contribution in [1.29, 1.82) is 0 Å². The molecular formula is C17H20N4O2. The first-order valence-corrected chi connectivity index (χ1v) is 7.64. The van der Waals surface area contributed by atoms with Crippen LogP contribution in [0, 0.1) is 0 Å². The molecule has 0 radical (unpaired) electrons. The third kappa shape index (κ3) is 3.85. The molecule has 0 aliphatic carbocycles. The van der Waals surface area contributed by atoms with Gasteiger partial charge in [0.25, 0.3) is 5.91 Å². The van der Waals surface area contributed by atoms with Gasteiger partial charge in [0.1, 0.15) is 12.4 Å². The molecule has 3 rings (SSSR count). The minimum atomic E-state index is -0.101. The number of nitrogens with one attached hydrogen (secondary N) is 3. The fourth-order valence-electron chi connectivity index (χ4n) is 2.50. The maximum Gasteiger partial charge on any atom is 0.251 e. The Kier molecular flexibility index (Phi) is 4.85. The van der Waals surface area contributed by atoms with Gasteiger partial charge in [-0.25, -0.2) is 5.43 Å². The van der Waals surface area contributed by atoms with E-state index < -0.39 is 0 Å². The summed E-state index contributed by atoms with van der Waals surface area (Å²) in [5.74, 6) is 0.612. The van der Waals surface area contributed by atoms with Gasteiger partial charge in [-0.2, -0.15) is 0 Å². The number of hydrazine groups is 1. The minimum Gasteiger partial charge on any atom is -0.487 e. The van der Waals surface area contributed by atoms with E-state index in [9.17, 15) is 4.79 Å². The van der Waals surface area contributed by atoms with Crippen LogP contribution in [0.2, 0.25) is 0 Å². The zero-order valence-electron chi connectivity index (χ0n) is 13.0. The number of hydrogen-bond acceptors (Lipinski definition) is 5. The van der Waals surface area contributed by atoms with E-state index in [0.29, 0.717) is 17.9 Å². The van der Waals surface area contributed by atoms with Crippen molar-refractivity contribution >= 4 is 5.91 Å². The molecule has 1 amide bonds. The summed E-state index contributed by atoms with van der Waals surface area (Å²) in [5, 5.41) is 2.61. The number of ether oxygens (including phenoxy) is 1. The van der Waals surface area contributed by atoms with E-state index in [2.05, 4.69) is 21.2 Å². The average Bonchev–Trinajstić information content (AvgIpc) is 3.14. The molecule has 1 saturated heterocycles. The Hall–Kier alpha value is -2.44. The van der Waals surface area contributed by atoms with Crippen molar-refractivity contribution in [2.75, 3.05) is 13.6 Å².